The molecule has 1 atom stereocenters. The third-order valence-electron chi connectivity index (χ3n) is 2.65. The standard InChI is InChI=1S/C13H9BrClF3/c14-11(7-13(16,17)18)9-5-6-12(15)10-4-2-1-3-8(9)10/h1-6,11H,7H2. The lowest BCUT2D eigenvalue weighted by Gasteiger charge is -2.15. The fraction of sp³-hybridized carbons (Fsp3) is 0.231. The van der Waals surface area contributed by atoms with E-state index in [1.165, 1.54) is 0 Å². The molecule has 0 bridgehead atoms. The van der Waals surface area contributed by atoms with Gasteiger partial charge in [0.2, 0.25) is 0 Å². The maximum absolute atomic E-state index is 12.4. The Kier molecular flexibility index (Phi) is 3.87. The Bertz CT molecular complexity index is 566. The van der Waals surface area contributed by atoms with Gasteiger partial charge in [0.25, 0.3) is 0 Å². The van der Waals surface area contributed by atoms with Crippen LogP contribution in [-0.2, 0) is 0 Å². The lowest BCUT2D eigenvalue weighted by atomic mass is 10.0. The molecule has 0 aliphatic rings. The number of rotatable bonds is 2. The van der Waals surface area contributed by atoms with Crippen LogP contribution >= 0.6 is 27.5 Å². The SMILES string of the molecule is FC(F)(F)CC(Br)c1ccc(Cl)c2ccccc12. The van der Waals surface area contributed by atoms with Gasteiger partial charge in [-0.25, -0.2) is 0 Å². The Morgan fingerprint density at radius 3 is 2.28 bits per heavy atom. The van der Waals surface area contributed by atoms with Crippen molar-refractivity contribution in [3.8, 4) is 0 Å². The summed E-state index contributed by atoms with van der Waals surface area (Å²) in [6.45, 7) is 0. The molecule has 0 aromatic heterocycles. The van der Waals surface area contributed by atoms with Crippen LogP contribution in [0.5, 0.6) is 0 Å². The molecule has 0 aliphatic carbocycles. The number of hydrogen-bond acceptors (Lipinski definition) is 0. The summed E-state index contributed by atoms with van der Waals surface area (Å²) >= 11 is 9.13. The van der Waals surface area contributed by atoms with Gasteiger partial charge in [-0.15, -0.1) is 0 Å². The lowest BCUT2D eigenvalue weighted by Crippen LogP contribution is -2.10. The molecule has 5 heteroatoms. The maximum atomic E-state index is 12.4. The Morgan fingerprint density at radius 1 is 1.06 bits per heavy atom. The molecular weight excluding hydrogens is 328 g/mol. The molecule has 1 unspecified atom stereocenters. The second-order valence-electron chi connectivity index (χ2n) is 3.97. The van der Waals surface area contributed by atoms with Crippen LogP contribution in [0.1, 0.15) is 16.8 Å². The van der Waals surface area contributed by atoms with Gasteiger partial charge in [-0.3, -0.25) is 0 Å². The fourth-order valence-electron chi connectivity index (χ4n) is 1.87. The van der Waals surface area contributed by atoms with Crippen LogP contribution in [0.2, 0.25) is 5.02 Å². The summed E-state index contributed by atoms with van der Waals surface area (Å²) in [5.41, 5.74) is 0.604. The normalized spacial score (nSPS) is 13.8. The van der Waals surface area contributed by atoms with E-state index >= 15 is 0 Å². The molecular formula is C13H9BrClF3. The fourth-order valence-corrected chi connectivity index (χ4v) is 2.87. The average Bonchev–Trinajstić information content (AvgIpc) is 2.27. The van der Waals surface area contributed by atoms with Gasteiger partial charge in [-0.1, -0.05) is 57.9 Å². The number of alkyl halides is 4. The van der Waals surface area contributed by atoms with Gasteiger partial charge < -0.3 is 0 Å². The smallest absolute Gasteiger partial charge is 0.171 e. The lowest BCUT2D eigenvalue weighted by molar-refractivity contribution is -0.134. The van der Waals surface area contributed by atoms with Crippen molar-refractivity contribution in [2.24, 2.45) is 0 Å². The van der Waals surface area contributed by atoms with Gasteiger partial charge in [0.1, 0.15) is 0 Å². The minimum atomic E-state index is -4.20. The molecule has 0 nitrogen and oxygen atoms in total. The maximum Gasteiger partial charge on any atom is 0.390 e. The van der Waals surface area contributed by atoms with Gasteiger partial charge in [-0.05, 0) is 17.0 Å². The van der Waals surface area contributed by atoms with E-state index in [9.17, 15) is 13.2 Å². The first-order chi connectivity index (χ1) is 8.38. The van der Waals surface area contributed by atoms with E-state index in [0.717, 1.165) is 10.8 Å². The van der Waals surface area contributed by atoms with Crippen LogP contribution in [0.15, 0.2) is 36.4 Å². The van der Waals surface area contributed by atoms with Gasteiger partial charge >= 0.3 is 6.18 Å². The second-order valence-corrected chi connectivity index (χ2v) is 5.48. The van der Waals surface area contributed by atoms with Crippen LogP contribution in [0.3, 0.4) is 0 Å². The molecule has 0 saturated carbocycles. The van der Waals surface area contributed by atoms with E-state index < -0.39 is 17.4 Å². The van der Waals surface area contributed by atoms with Gasteiger partial charge in [-0.2, -0.15) is 13.2 Å². The van der Waals surface area contributed by atoms with Crippen LogP contribution in [0, 0.1) is 0 Å². The molecule has 0 N–H and O–H groups in total. The third kappa shape index (κ3) is 2.98. The van der Waals surface area contributed by atoms with E-state index in [2.05, 4.69) is 15.9 Å². The third-order valence-corrected chi connectivity index (χ3v) is 3.80. The number of benzene rings is 2. The largest absolute Gasteiger partial charge is 0.390 e. The summed E-state index contributed by atoms with van der Waals surface area (Å²) in [5.74, 6) is 0. The molecule has 2 rings (SSSR count). The zero-order valence-electron chi connectivity index (χ0n) is 9.14. The Balaban J connectivity index is 2.49. The zero-order valence-corrected chi connectivity index (χ0v) is 11.5. The van der Waals surface area contributed by atoms with E-state index in [1.54, 1.807) is 30.3 Å². The van der Waals surface area contributed by atoms with Crippen molar-refractivity contribution in [2.75, 3.05) is 0 Å². The first kappa shape index (κ1) is 13.7. The zero-order chi connectivity index (χ0) is 13.3. The van der Waals surface area contributed by atoms with Crippen molar-refractivity contribution >= 4 is 38.3 Å². The topological polar surface area (TPSA) is 0 Å². The highest BCUT2D eigenvalue weighted by Crippen LogP contribution is 2.39. The Morgan fingerprint density at radius 2 is 1.67 bits per heavy atom. The molecule has 18 heavy (non-hydrogen) atoms. The minimum Gasteiger partial charge on any atom is -0.171 e. The van der Waals surface area contributed by atoms with Crippen molar-refractivity contribution in [1.29, 1.82) is 0 Å². The molecule has 0 heterocycles. The quantitative estimate of drug-likeness (QED) is 0.600. The summed E-state index contributed by atoms with van der Waals surface area (Å²) in [5, 5.41) is 2.06. The summed E-state index contributed by atoms with van der Waals surface area (Å²) in [4.78, 5) is -0.764. The number of halogens is 5. The second kappa shape index (κ2) is 5.10. The van der Waals surface area contributed by atoms with Crippen molar-refractivity contribution in [1.82, 2.24) is 0 Å². The summed E-state index contributed by atoms with van der Waals surface area (Å²) in [6, 6.07) is 10.4. The van der Waals surface area contributed by atoms with E-state index in [-0.39, 0.29) is 0 Å². The summed E-state index contributed by atoms with van der Waals surface area (Å²) < 4.78 is 37.2. The number of fused-ring (bicyclic) bond motifs is 1. The predicted molar refractivity (Wildman–Crippen MR) is 71.3 cm³/mol. The Hall–Kier alpha value is -0.740. The van der Waals surface area contributed by atoms with Crippen molar-refractivity contribution in [3.63, 3.8) is 0 Å². The van der Waals surface area contributed by atoms with E-state index in [0.29, 0.717) is 10.6 Å². The van der Waals surface area contributed by atoms with Crippen molar-refractivity contribution in [2.45, 2.75) is 17.4 Å². The highest BCUT2D eigenvalue weighted by Gasteiger charge is 2.32. The van der Waals surface area contributed by atoms with Gasteiger partial charge in [0.05, 0.1) is 6.42 Å². The van der Waals surface area contributed by atoms with Crippen LogP contribution < -0.4 is 0 Å². The molecule has 2 aromatic rings. The van der Waals surface area contributed by atoms with Crippen molar-refractivity contribution < 1.29 is 13.2 Å². The summed E-state index contributed by atoms with van der Waals surface area (Å²) in [7, 11) is 0. The highest BCUT2D eigenvalue weighted by molar-refractivity contribution is 9.09. The molecule has 0 spiro atoms. The molecule has 0 amide bonds. The molecule has 0 saturated heterocycles. The average molecular weight is 338 g/mol. The van der Waals surface area contributed by atoms with Gasteiger partial charge in [0, 0.05) is 15.2 Å². The van der Waals surface area contributed by atoms with Crippen LogP contribution in [-0.4, -0.2) is 6.18 Å². The van der Waals surface area contributed by atoms with E-state index in [1.807, 2.05) is 6.07 Å². The summed E-state index contributed by atoms with van der Waals surface area (Å²) in [6.07, 6.45) is -5.10. The van der Waals surface area contributed by atoms with Crippen LogP contribution in [0.25, 0.3) is 10.8 Å². The molecule has 0 aliphatic heterocycles. The first-order valence-electron chi connectivity index (χ1n) is 5.26. The molecule has 0 fully saturated rings. The first-order valence-corrected chi connectivity index (χ1v) is 6.56. The Labute approximate surface area is 116 Å². The molecule has 2 aromatic carbocycles. The predicted octanol–water partition coefficient (Wildman–Crippen LogP) is 5.88. The highest BCUT2D eigenvalue weighted by atomic mass is 79.9. The van der Waals surface area contributed by atoms with E-state index in [4.69, 9.17) is 11.6 Å². The molecule has 96 valence electrons. The molecule has 0 radical (unpaired) electrons. The van der Waals surface area contributed by atoms with Crippen molar-refractivity contribution in [3.05, 3.63) is 47.0 Å². The van der Waals surface area contributed by atoms with Crippen LogP contribution in [0.4, 0.5) is 13.2 Å². The monoisotopic (exact) mass is 336 g/mol. The minimum absolute atomic E-state index is 0.543. The van der Waals surface area contributed by atoms with Gasteiger partial charge in [0.15, 0.2) is 0 Å². The number of hydrogen-bond donors (Lipinski definition) is 0.